The summed E-state index contributed by atoms with van der Waals surface area (Å²) in [4.78, 5) is 13.4. The zero-order chi connectivity index (χ0) is 22.7. The van der Waals surface area contributed by atoms with Gasteiger partial charge in [-0.05, 0) is 64.5 Å². The van der Waals surface area contributed by atoms with Crippen LogP contribution in [-0.4, -0.2) is 12.5 Å². The first-order chi connectivity index (χ1) is 15.4. The van der Waals surface area contributed by atoms with Gasteiger partial charge in [0, 0.05) is 33.1 Å². The molecule has 0 saturated heterocycles. The fourth-order valence-corrected chi connectivity index (χ4v) is 5.03. The number of amides is 1. The smallest absolute Gasteiger partial charge is 0.251 e. The van der Waals surface area contributed by atoms with Crippen LogP contribution < -0.4 is 5.32 Å². The molecule has 3 nitrogen and oxygen atoms in total. The first kappa shape index (κ1) is 21.9. The standard InChI is InChI=1S/C25H17ClF2N2OS/c26-19-7-15(8-20(27)14-19)9-22-13-16-3-1-4-23(24(16)32-22)17-10-18(12-21(28)11-17)25(31)30-6-2-5-29/h1,3-4,7-8,10-14H,2,6,9H2,(H,30,31). The van der Waals surface area contributed by atoms with Crippen LogP contribution in [0.1, 0.15) is 27.2 Å². The lowest BCUT2D eigenvalue weighted by Crippen LogP contribution is -2.24. The second-order valence-electron chi connectivity index (χ2n) is 7.28. The monoisotopic (exact) mass is 466 g/mol. The Morgan fingerprint density at radius 2 is 1.88 bits per heavy atom. The average Bonchev–Trinajstić information content (AvgIpc) is 3.15. The van der Waals surface area contributed by atoms with Crippen LogP contribution in [0.4, 0.5) is 8.78 Å². The highest BCUT2D eigenvalue weighted by Crippen LogP contribution is 2.36. The minimum atomic E-state index is -0.517. The lowest BCUT2D eigenvalue weighted by atomic mass is 10.0. The molecule has 0 unspecified atom stereocenters. The Labute approximate surface area is 192 Å². The number of hydrogen-bond acceptors (Lipinski definition) is 3. The molecule has 0 radical (unpaired) electrons. The van der Waals surface area contributed by atoms with E-state index in [2.05, 4.69) is 5.32 Å². The topological polar surface area (TPSA) is 52.9 Å². The fourth-order valence-electron chi connectivity index (χ4n) is 3.56. The number of nitrogens with one attached hydrogen (secondary N) is 1. The lowest BCUT2D eigenvalue weighted by molar-refractivity contribution is 0.0954. The normalized spacial score (nSPS) is 10.8. The first-order valence-corrected chi connectivity index (χ1v) is 11.0. The van der Waals surface area contributed by atoms with Crippen LogP contribution in [0.15, 0.2) is 60.7 Å². The summed E-state index contributed by atoms with van der Waals surface area (Å²) in [6, 6.07) is 18.4. The molecule has 3 aromatic carbocycles. The van der Waals surface area contributed by atoms with Crippen LogP contribution >= 0.6 is 22.9 Å². The summed E-state index contributed by atoms with van der Waals surface area (Å²) in [6.45, 7) is 0.204. The predicted octanol–water partition coefficient (Wildman–Crippen LogP) is 6.73. The maximum atomic E-state index is 14.4. The van der Waals surface area contributed by atoms with E-state index in [1.54, 1.807) is 12.1 Å². The molecule has 0 aliphatic rings. The van der Waals surface area contributed by atoms with Crippen molar-refractivity contribution in [1.82, 2.24) is 5.32 Å². The Morgan fingerprint density at radius 1 is 1.06 bits per heavy atom. The largest absolute Gasteiger partial charge is 0.351 e. The molecule has 0 aliphatic heterocycles. The number of rotatable bonds is 6. The number of halogens is 3. The number of carbonyl (C=O) groups excluding carboxylic acids is 1. The van der Waals surface area contributed by atoms with Crippen molar-refractivity contribution in [2.45, 2.75) is 12.8 Å². The number of nitriles is 1. The van der Waals surface area contributed by atoms with Gasteiger partial charge in [-0.3, -0.25) is 4.79 Å². The van der Waals surface area contributed by atoms with E-state index >= 15 is 0 Å². The average molecular weight is 467 g/mol. The quantitative estimate of drug-likeness (QED) is 0.320. The van der Waals surface area contributed by atoms with Crippen molar-refractivity contribution in [2.75, 3.05) is 6.54 Å². The molecule has 160 valence electrons. The third kappa shape index (κ3) is 4.96. The molecule has 0 bridgehead atoms. The van der Waals surface area contributed by atoms with Crippen molar-refractivity contribution in [2.24, 2.45) is 0 Å². The van der Waals surface area contributed by atoms with Crippen LogP contribution in [0.25, 0.3) is 21.2 Å². The van der Waals surface area contributed by atoms with Gasteiger partial charge in [0.05, 0.1) is 12.5 Å². The minimum Gasteiger partial charge on any atom is -0.351 e. The van der Waals surface area contributed by atoms with Crippen molar-refractivity contribution < 1.29 is 13.6 Å². The summed E-state index contributed by atoms with van der Waals surface area (Å²) in [7, 11) is 0. The molecule has 1 amide bonds. The molecule has 0 fully saturated rings. The van der Waals surface area contributed by atoms with Crippen LogP contribution in [0.5, 0.6) is 0 Å². The molecule has 1 heterocycles. The van der Waals surface area contributed by atoms with E-state index in [1.165, 1.54) is 35.6 Å². The molecule has 1 N–H and O–H groups in total. The number of benzene rings is 3. The first-order valence-electron chi connectivity index (χ1n) is 9.85. The van der Waals surface area contributed by atoms with Crippen LogP contribution in [0, 0.1) is 23.0 Å². The molecule has 32 heavy (non-hydrogen) atoms. The molecular formula is C25H17ClF2N2OS. The molecule has 4 rings (SSSR count). The molecule has 7 heteroatoms. The van der Waals surface area contributed by atoms with Crippen molar-refractivity contribution in [3.8, 4) is 17.2 Å². The Bertz CT molecular complexity index is 1340. The van der Waals surface area contributed by atoms with E-state index in [0.717, 1.165) is 26.1 Å². The van der Waals surface area contributed by atoms with Gasteiger partial charge in [-0.2, -0.15) is 5.26 Å². The van der Waals surface area contributed by atoms with Gasteiger partial charge in [0.25, 0.3) is 5.91 Å². The second-order valence-corrected chi connectivity index (χ2v) is 8.86. The van der Waals surface area contributed by atoms with Crippen LogP contribution in [0.3, 0.4) is 0 Å². The number of thiophene rings is 1. The number of hydrogen-bond donors (Lipinski definition) is 1. The lowest BCUT2D eigenvalue weighted by Gasteiger charge is -2.08. The Hall–Kier alpha value is -3.27. The van der Waals surface area contributed by atoms with Gasteiger partial charge >= 0.3 is 0 Å². The highest BCUT2D eigenvalue weighted by molar-refractivity contribution is 7.19. The fraction of sp³-hybridized carbons (Fsp3) is 0.120. The zero-order valence-corrected chi connectivity index (χ0v) is 18.4. The number of carbonyl (C=O) groups is 1. The Kier molecular flexibility index (Phi) is 6.50. The van der Waals surface area contributed by atoms with Crippen molar-refractivity contribution in [1.29, 1.82) is 5.26 Å². The van der Waals surface area contributed by atoms with Gasteiger partial charge in [0.2, 0.25) is 0 Å². The van der Waals surface area contributed by atoms with Crippen LogP contribution in [-0.2, 0) is 6.42 Å². The molecule has 0 atom stereocenters. The van der Waals surface area contributed by atoms with E-state index in [-0.39, 0.29) is 24.3 Å². The summed E-state index contributed by atoms with van der Waals surface area (Å²) >= 11 is 7.51. The van der Waals surface area contributed by atoms with Crippen LogP contribution in [0.2, 0.25) is 5.02 Å². The highest BCUT2D eigenvalue weighted by atomic mass is 35.5. The van der Waals surface area contributed by atoms with E-state index in [9.17, 15) is 13.6 Å². The second kappa shape index (κ2) is 9.47. The van der Waals surface area contributed by atoms with Gasteiger partial charge in [-0.15, -0.1) is 11.3 Å². The van der Waals surface area contributed by atoms with E-state index in [0.29, 0.717) is 17.0 Å². The van der Waals surface area contributed by atoms with Gasteiger partial charge in [0.15, 0.2) is 0 Å². The molecule has 4 aromatic rings. The molecule has 0 saturated carbocycles. The van der Waals surface area contributed by atoms with Crippen molar-refractivity contribution in [3.63, 3.8) is 0 Å². The van der Waals surface area contributed by atoms with Crippen molar-refractivity contribution in [3.05, 3.63) is 93.3 Å². The van der Waals surface area contributed by atoms with E-state index in [1.807, 2.05) is 30.3 Å². The summed E-state index contributed by atoms with van der Waals surface area (Å²) in [6.07, 6.45) is 0.702. The number of nitrogens with zero attached hydrogens (tertiary/aromatic N) is 1. The predicted molar refractivity (Wildman–Crippen MR) is 124 cm³/mol. The van der Waals surface area contributed by atoms with Gasteiger partial charge < -0.3 is 5.32 Å². The third-order valence-corrected chi connectivity index (χ3v) is 6.29. The molecule has 0 spiro atoms. The Morgan fingerprint density at radius 3 is 2.66 bits per heavy atom. The molecular weight excluding hydrogens is 450 g/mol. The SMILES string of the molecule is N#CCCNC(=O)c1cc(F)cc(-c2cccc3cc(Cc4cc(F)cc(Cl)c4)sc23)c1. The summed E-state index contributed by atoms with van der Waals surface area (Å²) in [5.74, 6) is -1.33. The maximum absolute atomic E-state index is 14.4. The summed E-state index contributed by atoms with van der Waals surface area (Å²) < 4.78 is 29.0. The van der Waals surface area contributed by atoms with E-state index < -0.39 is 11.7 Å². The Balaban J connectivity index is 1.69. The maximum Gasteiger partial charge on any atom is 0.251 e. The highest BCUT2D eigenvalue weighted by Gasteiger charge is 2.14. The third-order valence-electron chi connectivity index (χ3n) is 4.89. The summed E-state index contributed by atoms with van der Waals surface area (Å²) in [5.41, 5.74) is 2.36. The summed E-state index contributed by atoms with van der Waals surface area (Å²) in [5, 5.41) is 12.6. The zero-order valence-electron chi connectivity index (χ0n) is 16.8. The molecule has 1 aromatic heterocycles. The van der Waals surface area contributed by atoms with Gasteiger partial charge in [0.1, 0.15) is 11.6 Å². The van der Waals surface area contributed by atoms with Gasteiger partial charge in [-0.1, -0.05) is 29.8 Å². The van der Waals surface area contributed by atoms with E-state index in [4.69, 9.17) is 16.9 Å². The number of fused-ring (bicyclic) bond motifs is 1. The minimum absolute atomic E-state index is 0.182. The molecule has 0 aliphatic carbocycles. The van der Waals surface area contributed by atoms with Gasteiger partial charge in [-0.25, -0.2) is 8.78 Å². The van der Waals surface area contributed by atoms with Crippen molar-refractivity contribution >= 4 is 38.9 Å².